The van der Waals surface area contributed by atoms with Gasteiger partial charge in [-0.25, -0.2) is 0 Å². The van der Waals surface area contributed by atoms with Crippen LogP contribution < -0.4 is 5.73 Å². The average Bonchev–Trinajstić information content (AvgIpc) is 2.56. The van der Waals surface area contributed by atoms with Gasteiger partial charge in [-0.05, 0) is 19.1 Å². The first-order valence-corrected chi connectivity index (χ1v) is 4.14. The predicted octanol–water partition coefficient (Wildman–Crippen LogP) is 1.07. The Bertz CT molecular complexity index is 464. The molecule has 0 radical (unpaired) electrons. The molecule has 2 aromatic rings. The van der Waals surface area contributed by atoms with Crippen LogP contribution >= 0.6 is 0 Å². The monoisotopic (exact) mass is 190 g/mol. The fourth-order valence-corrected chi connectivity index (χ4v) is 1.23. The number of aromatic nitrogens is 3. The summed E-state index contributed by atoms with van der Waals surface area (Å²) in [5, 5.41) is 15.9. The Kier molecular flexibility index (Phi) is 1.85. The number of nitrogens with zero attached hydrogens (tertiary/aromatic N) is 2. The molecular formula is C9H10N4O. The number of nitrogens with one attached hydrogen (secondary N) is 1. The van der Waals surface area contributed by atoms with Crippen LogP contribution in [0.15, 0.2) is 18.2 Å². The summed E-state index contributed by atoms with van der Waals surface area (Å²) in [6.07, 6.45) is 0. The van der Waals surface area contributed by atoms with Crippen molar-refractivity contribution >= 4 is 5.95 Å². The van der Waals surface area contributed by atoms with Crippen molar-refractivity contribution in [3.8, 4) is 17.1 Å². The number of hydrogen-bond acceptors (Lipinski definition) is 4. The molecule has 14 heavy (non-hydrogen) atoms. The number of nitrogen functional groups attached to an aromatic ring is 1. The van der Waals surface area contributed by atoms with Crippen molar-refractivity contribution < 1.29 is 5.11 Å². The summed E-state index contributed by atoms with van der Waals surface area (Å²) in [5.74, 6) is 0.802. The number of aromatic hydroxyl groups is 1. The molecule has 0 saturated carbocycles. The van der Waals surface area contributed by atoms with Gasteiger partial charge in [0.15, 0.2) is 5.82 Å². The fraction of sp³-hybridized carbons (Fsp3) is 0.111. The first-order chi connectivity index (χ1) is 6.66. The van der Waals surface area contributed by atoms with Gasteiger partial charge in [0.25, 0.3) is 0 Å². The third-order valence-electron chi connectivity index (χ3n) is 1.91. The van der Waals surface area contributed by atoms with Gasteiger partial charge in [-0.3, -0.25) is 5.10 Å². The summed E-state index contributed by atoms with van der Waals surface area (Å²) in [6.45, 7) is 1.93. The molecule has 5 heteroatoms. The van der Waals surface area contributed by atoms with Crippen LogP contribution in [0.3, 0.4) is 0 Å². The van der Waals surface area contributed by atoms with Gasteiger partial charge >= 0.3 is 0 Å². The zero-order valence-corrected chi connectivity index (χ0v) is 7.65. The van der Waals surface area contributed by atoms with Gasteiger partial charge < -0.3 is 10.8 Å². The van der Waals surface area contributed by atoms with Crippen LogP contribution in [0.25, 0.3) is 11.4 Å². The lowest BCUT2D eigenvalue weighted by Gasteiger charge is -2.01. The molecule has 0 aliphatic heterocycles. The Hall–Kier alpha value is -2.04. The molecule has 0 fully saturated rings. The van der Waals surface area contributed by atoms with Crippen LogP contribution in [0.4, 0.5) is 5.95 Å². The second-order valence-electron chi connectivity index (χ2n) is 3.06. The zero-order valence-electron chi connectivity index (χ0n) is 7.65. The number of anilines is 1. The van der Waals surface area contributed by atoms with E-state index in [0.29, 0.717) is 11.4 Å². The van der Waals surface area contributed by atoms with Gasteiger partial charge in [-0.2, -0.15) is 4.98 Å². The van der Waals surface area contributed by atoms with E-state index in [1.807, 2.05) is 19.1 Å². The molecular weight excluding hydrogens is 180 g/mol. The molecule has 5 nitrogen and oxygen atoms in total. The van der Waals surface area contributed by atoms with Crippen LogP contribution in [0.1, 0.15) is 5.56 Å². The first-order valence-electron chi connectivity index (χ1n) is 4.14. The topological polar surface area (TPSA) is 87.8 Å². The Morgan fingerprint density at radius 2 is 2.21 bits per heavy atom. The first kappa shape index (κ1) is 8.55. The summed E-state index contributed by atoms with van der Waals surface area (Å²) in [5.41, 5.74) is 7.01. The van der Waals surface area contributed by atoms with Crippen LogP contribution in [0.2, 0.25) is 0 Å². The Morgan fingerprint density at radius 1 is 1.43 bits per heavy atom. The number of phenolic OH excluding ortho intramolecular Hbond substituents is 1. The largest absolute Gasteiger partial charge is 0.507 e. The number of hydrogen-bond donors (Lipinski definition) is 3. The second-order valence-corrected chi connectivity index (χ2v) is 3.06. The molecule has 0 atom stereocenters. The summed E-state index contributed by atoms with van der Waals surface area (Å²) in [6, 6.07) is 5.25. The minimum atomic E-state index is 0.159. The summed E-state index contributed by atoms with van der Waals surface area (Å²) < 4.78 is 0. The average molecular weight is 190 g/mol. The molecule has 1 aromatic carbocycles. The van der Waals surface area contributed by atoms with Gasteiger partial charge in [0.1, 0.15) is 5.75 Å². The molecule has 0 bridgehead atoms. The highest BCUT2D eigenvalue weighted by Crippen LogP contribution is 2.27. The van der Waals surface area contributed by atoms with Crippen molar-refractivity contribution in [3.05, 3.63) is 23.8 Å². The van der Waals surface area contributed by atoms with Crippen molar-refractivity contribution in [2.75, 3.05) is 5.73 Å². The van der Waals surface area contributed by atoms with E-state index >= 15 is 0 Å². The lowest BCUT2D eigenvalue weighted by molar-refractivity contribution is 0.477. The molecule has 0 amide bonds. The Labute approximate surface area is 80.6 Å². The van der Waals surface area contributed by atoms with Crippen molar-refractivity contribution in [2.24, 2.45) is 0 Å². The van der Waals surface area contributed by atoms with Crippen LogP contribution in [0, 0.1) is 6.92 Å². The lowest BCUT2D eigenvalue weighted by atomic mass is 10.1. The quantitative estimate of drug-likeness (QED) is 0.627. The Morgan fingerprint density at radius 3 is 2.86 bits per heavy atom. The smallest absolute Gasteiger partial charge is 0.239 e. The van der Waals surface area contributed by atoms with E-state index in [4.69, 9.17) is 5.73 Å². The van der Waals surface area contributed by atoms with E-state index in [1.54, 1.807) is 6.07 Å². The minimum Gasteiger partial charge on any atom is -0.507 e. The molecule has 0 unspecified atom stereocenters. The highest BCUT2D eigenvalue weighted by molar-refractivity contribution is 5.64. The SMILES string of the molecule is Cc1ccc(O)c(-c2nc(N)n[nH]2)c1. The molecule has 0 saturated heterocycles. The van der Waals surface area contributed by atoms with Gasteiger partial charge in [0.2, 0.25) is 5.95 Å². The molecule has 2 rings (SSSR count). The van der Waals surface area contributed by atoms with Crippen LogP contribution in [0.5, 0.6) is 5.75 Å². The highest BCUT2D eigenvalue weighted by atomic mass is 16.3. The number of rotatable bonds is 1. The lowest BCUT2D eigenvalue weighted by Crippen LogP contribution is -1.86. The van der Waals surface area contributed by atoms with Crippen LogP contribution in [-0.2, 0) is 0 Å². The summed E-state index contributed by atoms with van der Waals surface area (Å²) in [4.78, 5) is 3.93. The number of nitrogens with two attached hydrogens (primary N) is 1. The van der Waals surface area contributed by atoms with Gasteiger partial charge in [-0.15, -0.1) is 5.10 Å². The summed E-state index contributed by atoms with van der Waals surface area (Å²) in [7, 11) is 0. The van der Waals surface area contributed by atoms with E-state index < -0.39 is 0 Å². The van der Waals surface area contributed by atoms with Gasteiger partial charge in [0, 0.05) is 0 Å². The van der Waals surface area contributed by atoms with E-state index in [0.717, 1.165) is 5.56 Å². The normalized spacial score (nSPS) is 10.4. The maximum absolute atomic E-state index is 9.57. The maximum Gasteiger partial charge on any atom is 0.239 e. The molecule has 4 N–H and O–H groups in total. The predicted molar refractivity (Wildman–Crippen MR) is 52.6 cm³/mol. The van der Waals surface area contributed by atoms with Crippen molar-refractivity contribution in [1.29, 1.82) is 0 Å². The zero-order chi connectivity index (χ0) is 10.1. The maximum atomic E-state index is 9.57. The summed E-state index contributed by atoms with van der Waals surface area (Å²) >= 11 is 0. The molecule has 72 valence electrons. The third kappa shape index (κ3) is 1.39. The molecule has 0 aliphatic carbocycles. The number of H-pyrrole nitrogens is 1. The van der Waals surface area contributed by atoms with E-state index in [1.165, 1.54) is 0 Å². The van der Waals surface area contributed by atoms with E-state index in [9.17, 15) is 5.11 Å². The number of aryl methyl sites for hydroxylation is 1. The van der Waals surface area contributed by atoms with Crippen molar-refractivity contribution in [1.82, 2.24) is 15.2 Å². The Balaban J connectivity index is 2.55. The molecule has 1 aromatic heterocycles. The highest BCUT2D eigenvalue weighted by Gasteiger charge is 2.08. The number of benzene rings is 1. The van der Waals surface area contributed by atoms with Crippen molar-refractivity contribution in [3.63, 3.8) is 0 Å². The fourth-order valence-electron chi connectivity index (χ4n) is 1.23. The second kappa shape index (κ2) is 3.02. The number of phenols is 1. The number of aromatic amines is 1. The molecule has 1 heterocycles. The molecule has 0 aliphatic rings. The third-order valence-corrected chi connectivity index (χ3v) is 1.91. The van der Waals surface area contributed by atoms with Gasteiger partial charge in [-0.1, -0.05) is 11.6 Å². The van der Waals surface area contributed by atoms with E-state index in [-0.39, 0.29) is 11.7 Å². The van der Waals surface area contributed by atoms with Gasteiger partial charge in [0.05, 0.1) is 5.56 Å². The van der Waals surface area contributed by atoms with Crippen molar-refractivity contribution in [2.45, 2.75) is 6.92 Å². The standard InChI is InChI=1S/C9H10N4O/c1-5-2-3-7(14)6(4-5)8-11-9(10)13-12-8/h2-4,14H,1H3,(H3,10,11,12,13). The molecule has 0 spiro atoms. The van der Waals surface area contributed by atoms with E-state index in [2.05, 4.69) is 15.2 Å². The minimum absolute atomic E-state index is 0.159. The van der Waals surface area contributed by atoms with Crippen LogP contribution in [-0.4, -0.2) is 20.3 Å².